The van der Waals surface area contributed by atoms with E-state index in [9.17, 15) is 9.18 Å². The molecule has 1 aliphatic rings. The number of halogens is 1. The van der Waals surface area contributed by atoms with Crippen LogP contribution in [0.1, 0.15) is 11.6 Å². The Kier molecular flexibility index (Phi) is 2.32. The average molecular weight is 211 g/mol. The van der Waals surface area contributed by atoms with Crippen molar-refractivity contribution in [1.29, 1.82) is 0 Å². The number of para-hydroxylation sites is 1. The van der Waals surface area contributed by atoms with Gasteiger partial charge in [0.25, 0.3) is 0 Å². The van der Waals surface area contributed by atoms with Crippen molar-refractivity contribution in [2.45, 2.75) is 6.04 Å². The fraction of sp³-hybridized carbons (Fsp3) is 0.300. The van der Waals surface area contributed by atoms with Crippen LogP contribution in [0.3, 0.4) is 0 Å². The first-order valence-electron chi connectivity index (χ1n) is 4.51. The molecule has 0 spiro atoms. The molecule has 0 bridgehead atoms. The Bertz CT molecular complexity index is 408. The molecular weight excluding hydrogens is 201 g/mol. The fourth-order valence-corrected chi connectivity index (χ4v) is 1.66. The summed E-state index contributed by atoms with van der Waals surface area (Å²) in [5.74, 6) is -2.29. The molecule has 0 aromatic heterocycles. The Labute approximate surface area is 85.5 Å². The Morgan fingerprint density at radius 2 is 2.33 bits per heavy atom. The number of nitrogens with two attached hydrogens (primary N) is 1. The molecule has 0 aliphatic carbocycles. The summed E-state index contributed by atoms with van der Waals surface area (Å²) in [7, 11) is 0. The van der Waals surface area contributed by atoms with Gasteiger partial charge in [-0.05, 0) is 6.07 Å². The van der Waals surface area contributed by atoms with Crippen molar-refractivity contribution >= 4 is 5.97 Å². The van der Waals surface area contributed by atoms with Crippen molar-refractivity contribution in [1.82, 2.24) is 0 Å². The molecule has 4 nitrogen and oxygen atoms in total. The van der Waals surface area contributed by atoms with Crippen LogP contribution in [0.2, 0.25) is 0 Å². The first kappa shape index (κ1) is 9.92. The number of hydrogen-bond donors (Lipinski definition) is 2. The SMILES string of the molecule is NC1c2cccc(F)c2OCC1C(=O)O. The fourth-order valence-electron chi connectivity index (χ4n) is 1.66. The number of fused-ring (bicyclic) bond motifs is 1. The Balaban J connectivity index is 2.42. The second-order valence-electron chi connectivity index (χ2n) is 3.44. The minimum atomic E-state index is -1.03. The van der Waals surface area contributed by atoms with Gasteiger partial charge in [0.1, 0.15) is 12.5 Å². The van der Waals surface area contributed by atoms with Crippen molar-refractivity contribution in [3.05, 3.63) is 29.6 Å². The van der Waals surface area contributed by atoms with Crippen LogP contribution < -0.4 is 10.5 Å². The van der Waals surface area contributed by atoms with E-state index >= 15 is 0 Å². The van der Waals surface area contributed by atoms with E-state index in [0.717, 1.165) is 0 Å². The largest absolute Gasteiger partial charge is 0.489 e. The molecule has 5 heteroatoms. The summed E-state index contributed by atoms with van der Waals surface area (Å²) >= 11 is 0. The average Bonchev–Trinajstić information content (AvgIpc) is 2.19. The second-order valence-corrected chi connectivity index (χ2v) is 3.44. The highest BCUT2D eigenvalue weighted by molar-refractivity contribution is 5.72. The molecule has 3 N–H and O–H groups in total. The number of aliphatic carboxylic acids is 1. The van der Waals surface area contributed by atoms with Crippen LogP contribution in [0, 0.1) is 11.7 Å². The Morgan fingerprint density at radius 1 is 1.60 bits per heavy atom. The van der Waals surface area contributed by atoms with E-state index in [1.807, 2.05) is 0 Å². The third kappa shape index (κ3) is 1.55. The molecule has 1 aliphatic heterocycles. The molecule has 0 saturated carbocycles. The number of carboxylic acid groups (broad SMARTS) is 1. The molecule has 0 amide bonds. The van der Waals surface area contributed by atoms with E-state index < -0.39 is 23.7 Å². The van der Waals surface area contributed by atoms with Crippen molar-refractivity contribution < 1.29 is 19.0 Å². The smallest absolute Gasteiger partial charge is 0.311 e. The third-order valence-corrected chi connectivity index (χ3v) is 2.51. The molecule has 0 radical (unpaired) electrons. The van der Waals surface area contributed by atoms with Gasteiger partial charge in [0.15, 0.2) is 11.6 Å². The Hall–Kier alpha value is -1.62. The van der Waals surface area contributed by atoms with E-state index in [2.05, 4.69) is 0 Å². The zero-order valence-corrected chi connectivity index (χ0v) is 7.81. The highest BCUT2D eigenvalue weighted by atomic mass is 19.1. The van der Waals surface area contributed by atoms with Crippen LogP contribution in [-0.2, 0) is 4.79 Å². The van der Waals surface area contributed by atoms with Crippen molar-refractivity contribution in [3.8, 4) is 5.75 Å². The summed E-state index contributed by atoms with van der Waals surface area (Å²) in [4.78, 5) is 10.8. The molecule has 0 fully saturated rings. The summed E-state index contributed by atoms with van der Waals surface area (Å²) < 4.78 is 18.3. The van der Waals surface area contributed by atoms with Crippen molar-refractivity contribution in [2.24, 2.45) is 11.7 Å². The van der Waals surface area contributed by atoms with Gasteiger partial charge >= 0.3 is 5.97 Å². The zero-order valence-electron chi connectivity index (χ0n) is 7.81. The maximum Gasteiger partial charge on any atom is 0.311 e. The minimum absolute atomic E-state index is 0.0718. The lowest BCUT2D eigenvalue weighted by atomic mass is 9.91. The van der Waals surface area contributed by atoms with Crippen LogP contribution in [0.4, 0.5) is 4.39 Å². The van der Waals surface area contributed by atoms with Crippen LogP contribution >= 0.6 is 0 Å². The number of benzene rings is 1. The summed E-state index contributed by atoms with van der Waals surface area (Å²) in [6, 6.07) is 3.61. The monoisotopic (exact) mass is 211 g/mol. The summed E-state index contributed by atoms with van der Waals surface area (Å²) in [6.45, 7) is -0.0928. The molecule has 2 unspecified atom stereocenters. The quantitative estimate of drug-likeness (QED) is 0.724. The van der Waals surface area contributed by atoms with Crippen LogP contribution in [0.15, 0.2) is 18.2 Å². The summed E-state index contributed by atoms with van der Waals surface area (Å²) in [5, 5.41) is 8.85. The number of carboxylic acids is 1. The maximum atomic E-state index is 13.2. The van der Waals surface area contributed by atoms with Gasteiger partial charge in [-0.2, -0.15) is 0 Å². The van der Waals surface area contributed by atoms with Gasteiger partial charge in [0.2, 0.25) is 0 Å². The topological polar surface area (TPSA) is 72.5 Å². The number of hydrogen-bond acceptors (Lipinski definition) is 3. The lowest BCUT2D eigenvalue weighted by Gasteiger charge is -2.28. The van der Waals surface area contributed by atoms with Gasteiger partial charge in [0, 0.05) is 5.56 Å². The summed E-state index contributed by atoms with van der Waals surface area (Å²) in [5.41, 5.74) is 6.14. The minimum Gasteiger partial charge on any atom is -0.489 e. The van der Waals surface area contributed by atoms with E-state index in [0.29, 0.717) is 5.56 Å². The van der Waals surface area contributed by atoms with Gasteiger partial charge in [-0.1, -0.05) is 12.1 Å². The lowest BCUT2D eigenvalue weighted by molar-refractivity contribution is -0.144. The molecule has 15 heavy (non-hydrogen) atoms. The van der Waals surface area contributed by atoms with Gasteiger partial charge in [-0.25, -0.2) is 4.39 Å². The first-order valence-corrected chi connectivity index (χ1v) is 4.51. The van der Waals surface area contributed by atoms with Gasteiger partial charge in [-0.15, -0.1) is 0 Å². The standard InChI is InChI=1S/C10H10FNO3/c11-7-3-1-2-5-8(12)6(10(13)14)4-15-9(5)7/h1-3,6,8H,4,12H2,(H,13,14). The van der Waals surface area contributed by atoms with Crippen LogP contribution in [0.5, 0.6) is 5.75 Å². The third-order valence-electron chi connectivity index (χ3n) is 2.51. The predicted molar refractivity (Wildman–Crippen MR) is 49.9 cm³/mol. The highest BCUT2D eigenvalue weighted by Gasteiger charge is 2.34. The van der Waals surface area contributed by atoms with Gasteiger partial charge in [0.05, 0.1) is 6.04 Å². The summed E-state index contributed by atoms with van der Waals surface area (Å²) in [6.07, 6.45) is 0. The van der Waals surface area contributed by atoms with Crippen LogP contribution in [0.25, 0.3) is 0 Å². The number of rotatable bonds is 1. The molecule has 0 saturated heterocycles. The molecule has 2 rings (SSSR count). The second kappa shape index (κ2) is 3.51. The molecular formula is C10H10FNO3. The normalized spacial score (nSPS) is 24.1. The molecule has 1 heterocycles. The zero-order chi connectivity index (χ0) is 11.0. The van der Waals surface area contributed by atoms with E-state index in [1.165, 1.54) is 12.1 Å². The molecule has 1 aromatic rings. The van der Waals surface area contributed by atoms with E-state index in [1.54, 1.807) is 6.07 Å². The van der Waals surface area contributed by atoms with Crippen molar-refractivity contribution in [3.63, 3.8) is 0 Å². The number of carbonyl (C=O) groups is 1. The maximum absolute atomic E-state index is 13.2. The lowest BCUT2D eigenvalue weighted by Crippen LogP contribution is -2.36. The van der Waals surface area contributed by atoms with E-state index in [-0.39, 0.29) is 12.4 Å². The van der Waals surface area contributed by atoms with Gasteiger partial charge < -0.3 is 15.6 Å². The molecule has 80 valence electrons. The highest BCUT2D eigenvalue weighted by Crippen LogP contribution is 2.35. The predicted octanol–water partition coefficient (Wildman–Crippen LogP) is 0.919. The van der Waals surface area contributed by atoms with Crippen LogP contribution in [-0.4, -0.2) is 17.7 Å². The molecule has 2 atom stereocenters. The number of ether oxygens (including phenoxy) is 1. The molecule has 1 aromatic carbocycles. The van der Waals surface area contributed by atoms with E-state index in [4.69, 9.17) is 15.6 Å². The first-order chi connectivity index (χ1) is 7.11. The van der Waals surface area contributed by atoms with Crippen molar-refractivity contribution in [2.75, 3.05) is 6.61 Å². The Morgan fingerprint density at radius 3 is 3.00 bits per heavy atom. The van der Waals surface area contributed by atoms with Gasteiger partial charge in [-0.3, -0.25) is 4.79 Å².